The van der Waals surface area contributed by atoms with Crippen molar-refractivity contribution in [1.29, 1.82) is 0 Å². The Morgan fingerprint density at radius 3 is 2.45 bits per heavy atom. The van der Waals surface area contributed by atoms with E-state index < -0.39 is 0 Å². The molecule has 0 fully saturated rings. The van der Waals surface area contributed by atoms with Crippen molar-refractivity contribution in [2.24, 2.45) is 11.3 Å². The maximum Gasteiger partial charge on any atom is 0.0177 e. The summed E-state index contributed by atoms with van der Waals surface area (Å²) in [5.74, 6) is 0.714. The SMILES string of the molecule is CC(C)NCC(CCC(C)(C)C)Cc1cccc(Br)c1. The van der Waals surface area contributed by atoms with E-state index in [2.05, 4.69) is 80.1 Å². The van der Waals surface area contributed by atoms with Crippen LogP contribution in [0.25, 0.3) is 0 Å². The maximum absolute atomic E-state index is 3.60. The van der Waals surface area contributed by atoms with Crippen molar-refractivity contribution < 1.29 is 0 Å². The zero-order valence-electron chi connectivity index (χ0n) is 13.7. The standard InChI is InChI=1S/C18H30BrN/c1-14(2)20-13-16(9-10-18(3,4)5)11-15-7-6-8-17(19)12-15/h6-8,12,14,16,20H,9-11,13H2,1-5H3. The molecule has 0 aliphatic rings. The van der Waals surface area contributed by atoms with Crippen LogP contribution < -0.4 is 5.32 Å². The fourth-order valence-electron chi connectivity index (χ4n) is 2.31. The number of nitrogens with one attached hydrogen (secondary N) is 1. The van der Waals surface area contributed by atoms with Crippen molar-refractivity contribution in [3.05, 3.63) is 34.3 Å². The number of hydrogen-bond donors (Lipinski definition) is 1. The van der Waals surface area contributed by atoms with E-state index in [1.54, 1.807) is 0 Å². The fourth-order valence-corrected chi connectivity index (χ4v) is 2.76. The molecular formula is C18H30BrN. The topological polar surface area (TPSA) is 12.0 Å². The molecule has 0 amide bonds. The minimum Gasteiger partial charge on any atom is -0.314 e. The highest BCUT2D eigenvalue weighted by atomic mass is 79.9. The Bertz CT molecular complexity index is 393. The van der Waals surface area contributed by atoms with Crippen LogP contribution in [0, 0.1) is 11.3 Å². The molecule has 114 valence electrons. The molecule has 1 rings (SSSR count). The molecule has 0 saturated carbocycles. The van der Waals surface area contributed by atoms with Gasteiger partial charge < -0.3 is 5.32 Å². The molecule has 0 radical (unpaired) electrons. The van der Waals surface area contributed by atoms with Crippen LogP contribution in [0.5, 0.6) is 0 Å². The minimum absolute atomic E-state index is 0.424. The molecule has 0 aliphatic carbocycles. The van der Waals surface area contributed by atoms with Gasteiger partial charge in [0.05, 0.1) is 0 Å². The summed E-state index contributed by atoms with van der Waals surface area (Å²) in [5, 5.41) is 3.60. The molecule has 1 aromatic rings. The van der Waals surface area contributed by atoms with E-state index in [0.717, 1.165) is 13.0 Å². The van der Waals surface area contributed by atoms with Gasteiger partial charge in [-0.05, 0) is 54.8 Å². The third-order valence-electron chi connectivity index (χ3n) is 3.53. The second-order valence-corrected chi connectivity index (χ2v) is 8.28. The second kappa shape index (κ2) is 8.19. The fraction of sp³-hybridized carbons (Fsp3) is 0.667. The quantitative estimate of drug-likeness (QED) is 0.698. The summed E-state index contributed by atoms with van der Waals surface area (Å²) in [5.41, 5.74) is 1.86. The van der Waals surface area contributed by atoms with Gasteiger partial charge in [0.1, 0.15) is 0 Å². The van der Waals surface area contributed by atoms with Crippen molar-refractivity contribution in [2.75, 3.05) is 6.54 Å². The lowest BCUT2D eigenvalue weighted by atomic mass is 9.84. The van der Waals surface area contributed by atoms with Crippen LogP contribution >= 0.6 is 15.9 Å². The second-order valence-electron chi connectivity index (χ2n) is 7.36. The van der Waals surface area contributed by atoms with Gasteiger partial charge in [0.2, 0.25) is 0 Å². The number of hydrogen-bond acceptors (Lipinski definition) is 1. The van der Waals surface area contributed by atoms with E-state index in [0.29, 0.717) is 17.4 Å². The summed E-state index contributed by atoms with van der Waals surface area (Å²) in [6.07, 6.45) is 3.73. The zero-order valence-corrected chi connectivity index (χ0v) is 15.3. The van der Waals surface area contributed by atoms with Crippen LogP contribution in [0.4, 0.5) is 0 Å². The molecule has 1 atom stereocenters. The van der Waals surface area contributed by atoms with Gasteiger partial charge in [-0.3, -0.25) is 0 Å². The van der Waals surface area contributed by atoms with Crippen molar-refractivity contribution >= 4 is 15.9 Å². The molecule has 1 unspecified atom stereocenters. The first-order valence-corrected chi connectivity index (χ1v) is 8.53. The smallest absolute Gasteiger partial charge is 0.0177 e. The first-order chi connectivity index (χ1) is 9.26. The van der Waals surface area contributed by atoms with E-state index in [1.165, 1.54) is 22.9 Å². The van der Waals surface area contributed by atoms with E-state index in [4.69, 9.17) is 0 Å². The lowest BCUT2D eigenvalue weighted by Crippen LogP contribution is -2.30. The molecule has 2 heteroatoms. The molecule has 0 bridgehead atoms. The Labute approximate surface area is 133 Å². The summed E-state index contributed by atoms with van der Waals surface area (Å²) in [7, 11) is 0. The summed E-state index contributed by atoms with van der Waals surface area (Å²) in [6.45, 7) is 12.6. The van der Waals surface area contributed by atoms with Crippen LogP contribution in [-0.2, 0) is 6.42 Å². The molecular weight excluding hydrogens is 310 g/mol. The number of benzene rings is 1. The number of halogens is 1. The summed E-state index contributed by atoms with van der Waals surface area (Å²) >= 11 is 3.57. The lowest BCUT2D eigenvalue weighted by molar-refractivity contribution is 0.310. The summed E-state index contributed by atoms with van der Waals surface area (Å²) in [6, 6.07) is 9.29. The Morgan fingerprint density at radius 2 is 1.90 bits per heavy atom. The first-order valence-electron chi connectivity index (χ1n) is 7.74. The van der Waals surface area contributed by atoms with Crippen LogP contribution in [0.15, 0.2) is 28.7 Å². The van der Waals surface area contributed by atoms with Crippen molar-refractivity contribution in [1.82, 2.24) is 5.32 Å². The third-order valence-corrected chi connectivity index (χ3v) is 4.02. The lowest BCUT2D eigenvalue weighted by Gasteiger charge is -2.24. The van der Waals surface area contributed by atoms with E-state index >= 15 is 0 Å². The Balaban J connectivity index is 2.61. The van der Waals surface area contributed by atoms with E-state index in [9.17, 15) is 0 Å². The van der Waals surface area contributed by atoms with E-state index in [-0.39, 0.29) is 0 Å². The molecule has 1 aromatic carbocycles. The van der Waals surface area contributed by atoms with Gasteiger partial charge in [-0.25, -0.2) is 0 Å². The van der Waals surface area contributed by atoms with Gasteiger partial charge >= 0.3 is 0 Å². The monoisotopic (exact) mass is 339 g/mol. The van der Waals surface area contributed by atoms with Gasteiger partial charge in [-0.1, -0.05) is 62.7 Å². The predicted molar refractivity (Wildman–Crippen MR) is 93.2 cm³/mol. The van der Waals surface area contributed by atoms with Gasteiger partial charge in [-0.2, -0.15) is 0 Å². The van der Waals surface area contributed by atoms with Crippen molar-refractivity contribution in [2.45, 2.75) is 59.9 Å². The first kappa shape index (κ1) is 17.7. The van der Waals surface area contributed by atoms with Gasteiger partial charge in [-0.15, -0.1) is 0 Å². The third kappa shape index (κ3) is 8.06. The highest BCUT2D eigenvalue weighted by molar-refractivity contribution is 9.10. The van der Waals surface area contributed by atoms with Gasteiger partial charge in [0, 0.05) is 10.5 Å². The minimum atomic E-state index is 0.424. The Hall–Kier alpha value is -0.340. The average Bonchev–Trinajstić information content (AvgIpc) is 2.31. The Kier molecular flexibility index (Phi) is 7.25. The highest BCUT2D eigenvalue weighted by Crippen LogP contribution is 2.25. The number of rotatable bonds is 7. The van der Waals surface area contributed by atoms with E-state index in [1.807, 2.05) is 0 Å². The average molecular weight is 340 g/mol. The molecule has 1 N–H and O–H groups in total. The molecule has 0 aromatic heterocycles. The molecule has 0 heterocycles. The van der Waals surface area contributed by atoms with Crippen LogP contribution in [0.2, 0.25) is 0 Å². The highest BCUT2D eigenvalue weighted by Gasteiger charge is 2.16. The predicted octanol–water partition coefficient (Wildman–Crippen LogP) is 5.43. The zero-order chi connectivity index (χ0) is 15.2. The maximum atomic E-state index is 3.60. The van der Waals surface area contributed by atoms with Crippen molar-refractivity contribution in [3.63, 3.8) is 0 Å². The van der Waals surface area contributed by atoms with Crippen LogP contribution in [-0.4, -0.2) is 12.6 Å². The largest absolute Gasteiger partial charge is 0.314 e. The van der Waals surface area contributed by atoms with Gasteiger partial charge in [0.15, 0.2) is 0 Å². The molecule has 1 nitrogen and oxygen atoms in total. The molecule has 0 spiro atoms. The normalized spacial score (nSPS) is 13.8. The molecule has 0 aliphatic heterocycles. The van der Waals surface area contributed by atoms with Crippen LogP contribution in [0.1, 0.15) is 53.0 Å². The van der Waals surface area contributed by atoms with Crippen LogP contribution in [0.3, 0.4) is 0 Å². The van der Waals surface area contributed by atoms with Gasteiger partial charge in [0.25, 0.3) is 0 Å². The van der Waals surface area contributed by atoms with Crippen molar-refractivity contribution in [3.8, 4) is 0 Å². The Morgan fingerprint density at radius 1 is 1.20 bits per heavy atom. The molecule has 0 saturated heterocycles. The summed E-state index contributed by atoms with van der Waals surface area (Å²) < 4.78 is 1.18. The summed E-state index contributed by atoms with van der Waals surface area (Å²) in [4.78, 5) is 0. The molecule has 20 heavy (non-hydrogen) atoms.